The number of aliphatic hydroxyl groups excluding tert-OH is 1. The van der Waals surface area contributed by atoms with Gasteiger partial charge in [-0.25, -0.2) is 15.0 Å². The van der Waals surface area contributed by atoms with Crippen molar-refractivity contribution in [2.45, 2.75) is 31.4 Å². The minimum atomic E-state index is -0.177. The molecule has 2 saturated carbocycles. The zero-order valence-corrected chi connectivity index (χ0v) is 10.5. The standard InChI is InChI=1S/C12H13ClN4O/c13-11-10-12(15-4-14-11)17(5-16-10)8-2-6-1-7(8)9(18)3-6/h4-9,18H,1-3H2/t6-,7+,8+,9+/m0/s1. The third-order valence-corrected chi connectivity index (χ3v) is 4.69. The van der Waals surface area contributed by atoms with Gasteiger partial charge in [-0.15, -0.1) is 0 Å². The van der Waals surface area contributed by atoms with Crippen molar-refractivity contribution in [2.24, 2.45) is 11.8 Å². The average molecular weight is 265 g/mol. The van der Waals surface area contributed by atoms with Crippen LogP contribution in [0.5, 0.6) is 0 Å². The second-order valence-electron chi connectivity index (χ2n) is 5.36. The van der Waals surface area contributed by atoms with Crippen LogP contribution in [0.3, 0.4) is 0 Å². The number of imidazole rings is 1. The highest BCUT2D eigenvalue weighted by molar-refractivity contribution is 6.33. The Morgan fingerprint density at radius 3 is 2.89 bits per heavy atom. The lowest BCUT2D eigenvalue weighted by atomic mass is 9.92. The fourth-order valence-corrected chi connectivity index (χ4v) is 3.84. The maximum Gasteiger partial charge on any atom is 0.165 e. The van der Waals surface area contributed by atoms with E-state index in [1.165, 1.54) is 6.33 Å². The zero-order valence-electron chi connectivity index (χ0n) is 9.70. The Hall–Kier alpha value is -1.20. The van der Waals surface area contributed by atoms with Crippen LogP contribution < -0.4 is 0 Å². The fourth-order valence-electron chi connectivity index (χ4n) is 3.66. The Balaban J connectivity index is 1.82. The van der Waals surface area contributed by atoms with E-state index in [1.807, 2.05) is 0 Å². The molecule has 1 N–H and O–H groups in total. The topological polar surface area (TPSA) is 63.8 Å². The van der Waals surface area contributed by atoms with E-state index in [2.05, 4.69) is 19.5 Å². The monoisotopic (exact) mass is 264 g/mol. The van der Waals surface area contributed by atoms with Crippen molar-refractivity contribution in [3.05, 3.63) is 17.8 Å². The highest BCUT2D eigenvalue weighted by atomic mass is 35.5. The largest absolute Gasteiger partial charge is 0.393 e. The Kier molecular flexibility index (Phi) is 2.17. The van der Waals surface area contributed by atoms with Gasteiger partial charge in [0.05, 0.1) is 12.4 Å². The molecule has 5 nitrogen and oxygen atoms in total. The van der Waals surface area contributed by atoms with E-state index in [0.29, 0.717) is 28.5 Å². The summed E-state index contributed by atoms with van der Waals surface area (Å²) in [6.07, 6.45) is 6.24. The van der Waals surface area contributed by atoms with Gasteiger partial charge in [-0.05, 0) is 25.2 Å². The summed E-state index contributed by atoms with van der Waals surface area (Å²) >= 11 is 6.01. The molecular weight excluding hydrogens is 252 g/mol. The van der Waals surface area contributed by atoms with E-state index in [-0.39, 0.29) is 6.10 Å². The summed E-state index contributed by atoms with van der Waals surface area (Å²) in [5.41, 5.74) is 1.43. The number of nitrogens with zero attached hydrogens (tertiary/aromatic N) is 4. The van der Waals surface area contributed by atoms with Crippen LogP contribution in [-0.2, 0) is 0 Å². The second kappa shape index (κ2) is 3.65. The van der Waals surface area contributed by atoms with E-state index in [4.69, 9.17) is 11.6 Å². The summed E-state index contributed by atoms with van der Waals surface area (Å²) in [4.78, 5) is 12.5. The smallest absolute Gasteiger partial charge is 0.165 e. The molecule has 4 rings (SSSR count). The normalized spacial score (nSPS) is 34.6. The Morgan fingerprint density at radius 2 is 2.11 bits per heavy atom. The van der Waals surface area contributed by atoms with Gasteiger partial charge in [-0.2, -0.15) is 0 Å². The van der Waals surface area contributed by atoms with Crippen molar-refractivity contribution in [3.63, 3.8) is 0 Å². The number of aromatic nitrogens is 4. The fraction of sp³-hybridized carbons (Fsp3) is 0.583. The number of fused-ring (bicyclic) bond motifs is 3. The van der Waals surface area contributed by atoms with E-state index in [1.54, 1.807) is 6.33 Å². The molecule has 0 aliphatic heterocycles. The van der Waals surface area contributed by atoms with E-state index < -0.39 is 0 Å². The lowest BCUT2D eigenvalue weighted by Crippen LogP contribution is -2.26. The number of halogens is 1. The van der Waals surface area contributed by atoms with Crippen LogP contribution in [0.1, 0.15) is 25.3 Å². The maximum atomic E-state index is 10.0. The van der Waals surface area contributed by atoms with Crippen LogP contribution in [0.25, 0.3) is 11.2 Å². The lowest BCUT2D eigenvalue weighted by molar-refractivity contribution is 0.0851. The van der Waals surface area contributed by atoms with Crippen LogP contribution in [0.2, 0.25) is 5.15 Å². The molecular formula is C12H13ClN4O. The molecule has 0 radical (unpaired) electrons. The van der Waals surface area contributed by atoms with Crippen LogP contribution in [0, 0.1) is 11.8 Å². The SMILES string of the molecule is O[C@@H]1C[C@H]2C[C@@H]1[C@H](n1cnc3c(Cl)ncnc31)C2. The van der Waals surface area contributed by atoms with Crippen molar-refractivity contribution in [1.82, 2.24) is 19.5 Å². The predicted octanol–water partition coefficient (Wildman–Crippen LogP) is 1.81. The van der Waals surface area contributed by atoms with E-state index in [0.717, 1.165) is 24.9 Å². The van der Waals surface area contributed by atoms with E-state index >= 15 is 0 Å². The molecule has 0 saturated heterocycles. The molecule has 0 unspecified atom stereocenters. The van der Waals surface area contributed by atoms with Gasteiger partial charge in [0.25, 0.3) is 0 Å². The summed E-state index contributed by atoms with van der Waals surface area (Å²) in [5.74, 6) is 0.978. The van der Waals surface area contributed by atoms with Gasteiger partial charge in [0, 0.05) is 12.0 Å². The predicted molar refractivity (Wildman–Crippen MR) is 66.2 cm³/mol. The Morgan fingerprint density at radius 1 is 1.22 bits per heavy atom. The first-order valence-corrected chi connectivity index (χ1v) is 6.63. The molecule has 18 heavy (non-hydrogen) atoms. The first kappa shape index (κ1) is 10.7. The summed E-state index contributed by atoms with van der Waals surface area (Å²) < 4.78 is 2.07. The average Bonchev–Trinajstić information content (AvgIpc) is 3.00. The second-order valence-corrected chi connectivity index (χ2v) is 5.72. The van der Waals surface area contributed by atoms with Gasteiger partial charge in [0.15, 0.2) is 10.8 Å². The molecule has 2 bridgehead atoms. The van der Waals surface area contributed by atoms with Crippen LogP contribution in [-0.4, -0.2) is 30.7 Å². The third kappa shape index (κ3) is 1.34. The summed E-state index contributed by atoms with van der Waals surface area (Å²) in [5, 5.41) is 10.4. The zero-order chi connectivity index (χ0) is 12.3. The minimum absolute atomic E-state index is 0.177. The van der Waals surface area contributed by atoms with Crippen LogP contribution in [0.15, 0.2) is 12.7 Å². The summed E-state index contributed by atoms with van der Waals surface area (Å²) in [6.45, 7) is 0. The molecule has 4 atom stereocenters. The molecule has 2 aliphatic rings. The molecule has 2 aliphatic carbocycles. The number of aliphatic hydroxyl groups is 1. The highest BCUT2D eigenvalue weighted by Crippen LogP contribution is 2.51. The van der Waals surface area contributed by atoms with Crippen molar-refractivity contribution in [1.29, 1.82) is 0 Å². The maximum absolute atomic E-state index is 10.0. The molecule has 2 aromatic heterocycles. The Labute approximate surface area is 109 Å². The molecule has 0 aromatic carbocycles. The van der Waals surface area contributed by atoms with Crippen molar-refractivity contribution in [2.75, 3.05) is 0 Å². The minimum Gasteiger partial charge on any atom is -0.393 e. The number of hydrogen-bond donors (Lipinski definition) is 1. The molecule has 0 spiro atoms. The first-order valence-electron chi connectivity index (χ1n) is 6.25. The van der Waals surface area contributed by atoms with Gasteiger partial charge in [0.2, 0.25) is 0 Å². The number of hydrogen-bond acceptors (Lipinski definition) is 4. The molecule has 6 heteroatoms. The molecule has 2 aromatic rings. The van der Waals surface area contributed by atoms with E-state index in [9.17, 15) is 5.11 Å². The first-order chi connectivity index (χ1) is 8.74. The lowest BCUT2D eigenvalue weighted by Gasteiger charge is -2.27. The van der Waals surface area contributed by atoms with Gasteiger partial charge >= 0.3 is 0 Å². The molecule has 94 valence electrons. The molecule has 2 fully saturated rings. The van der Waals surface area contributed by atoms with Crippen LogP contribution >= 0.6 is 11.6 Å². The van der Waals surface area contributed by atoms with Gasteiger partial charge in [-0.3, -0.25) is 0 Å². The molecule has 2 heterocycles. The quantitative estimate of drug-likeness (QED) is 0.798. The van der Waals surface area contributed by atoms with Crippen molar-refractivity contribution in [3.8, 4) is 0 Å². The van der Waals surface area contributed by atoms with Gasteiger partial charge in [0.1, 0.15) is 11.8 Å². The summed E-state index contributed by atoms with van der Waals surface area (Å²) in [6, 6.07) is 0.301. The van der Waals surface area contributed by atoms with Crippen molar-refractivity contribution < 1.29 is 5.11 Å². The van der Waals surface area contributed by atoms with Crippen molar-refractivity contribution >= 4 is 22.8 Å². The van der Waals surface area contributed by atoms with Crippen LogP contribution in [0.4, 0.5) is 0 Å². The third-order valence-electron chi connectivity index (χ3n) is 4.42. The highest BCUT2D eigenvalue weighted by Gasteiger charge is 2.46. The summed E-state index contributed by atoms with van der Waals surface area (Å²) in [7, 11) is 0. The molecule has 0 amide bonds. The van der Waals surface area contributed by atoms with Gasteiger partial charge < -0.3 is 9.67 Å². The number of rotatable bonds is 1. The van der Waals surface area contributed by atoms with Gasteiger partial charge in [-0.1, -0.05) is 11.6 Å². The Bertz CT molecular complexity index is 613.